The number of aromatic hydroxyl groups is 2. The van der Waals surface area contributed by atoms with E-state index in [1.54, 1.807) is 26.0 Å². The third kappa shape index (κ3) is 2.29. The zero-order valence-electron chi connectivity index (χ0n) is 10.6. The monoisotopic (exact) mass is 278 g/mol. The van der Waals surface area contributed by atoms with Gasteiger partial charge in [0.25, 0.3) is 0 Å². The second-order valence-electron chi connectivity index (χ2n) is 4.40. The van der Waals surface area contributed by atoms with E-state index in [2.05, 4.69) is 0 Å². The fourth-order valence-corrected chi connectivity index (χ4v) is 3.63. The highest BCUT2D eigenvalue weighted by Gasteiger charge is 2.26. The highest BCUT2D eigenvalue weighted by Crippen LogP contribution is 2.36. The summed E-state index contributed by atoms with van der Waals surface area (Å²) in [4.78, 5) is -0.368. The molecular weight excluding hydrogens is 264 g/mol. The second kappa shape index (κ2) is 4.59. The Hall–Kier alpha value is -2.01. The van der Waals surface area contributed by atoms with Gasteiger partial charge >= 0.3 is 0 Å². The van der Waals surface area contributed by atoms with Gasteiger partial charge in [0, 0.05) is 0 Å². The van der Waals surface area contributed by atoms with Gasteiger partial charge in [0.05, 0.1) is 4.90 Å². The minimum Gasteiger partial charge on any atom is -0.506 e. The molecule has 2 aromatic rings. The van der Waals surface area contributed by atoms with Gasteiger partial charge in [-0.05, 0) is 43.2 Å². The Kier molecular flexibility index (Phi) is 3.24. The largest absolute Gasteiger partial charge is 0.506 e. The summed E-state index contributed by atoms with van der Waals surface area (Å²) in [6.45, 7) is 3.45. The minimum absolute atomic E-state index is 0.0873. The Morgan fingerprint density at radius 1 is 0.947 bits per heavy atom. The van der Waals surface area contributed by atoms with Crippen LogP contribution in [-0.4, -0.2) is 18.6 Å². The number of aryl methyl sites for hydroxylation is 2. The van der Waals surface area contributed by atoms with Crippen LogP contribution >= 0.6 is 0 Å². The SMILES string of the molecule is Cc1ccc(C)c(S(=O)(=O)c2c(O)cccc2O)c1. The van der Waals surface area contributed by atoms with E-state index in [0.717, 1.165) is 5.56 Å². The highest BCUT2D eigenvalue weighted by molar-refractivity contribution is 7.91. The molecule has 0 aliphatic rings. The number of hydrogen-bond acceptors (Lipinski definition) is 4. The van der Waals surface area contributed by atoms with Crippen LogP contribution in [0.5, 0.6) is 11.5 Å². The topological polar surface area (TPSA) is 74.6 Å². The molecule has 0 heterocycles. The Bertz CT molecular complexity index is 713. The molecule has 0 unspecified atom stereocenters. The lowest BCUT2D eigenvalue weighted by molar-refractivity contribution is 0.423. The van der Waals surface area contributed by atoms with Crippen LogP contribution in [-0.2, 0) is 9.84 Å². The molecule has 0 amide bonds. The standard InChI is InChI=1S/C14H14O4S/c1-9-6-7-10(2)13(8-9)19(17,18)14-11(15)4-3-5-12(14)16/h3-8,15-16H,1-2H3. The summed E-state index contributed by atoms with van der Waals surface area (Å²) in [5.41, 5.74) is 1.35. The average Bonchev–Trinajstić information content (AvgIpc) is 2.31. The molecule has 0 aromatic heterocycles. The van der Waals surface area contributed by atoms with E-state index in [1.165, 1.54) is 24.3 Å². The van der Waals surface area contributed by atoms with Gasteiger partial charge in [-0.2, -0.15) is 0 Å². The maximum Gasteiger partial charge on any atom is 0.214 e. The average molecular weight is 278 g/mol. The normalized spacial score (nSPS) is 11.5. The number of hydrogen-bond donors (Lipinski definition) is 2. The summed E-state index contributed by atoms with van der Waals surface area (Å²) in [6.07, 6.45) is 0. The summed E-state index contributed by atoms with van der Waals surface area (Å²) in [6, 6.07) is 8.87. The summed E-state index contributed by atoms with van der Waals surface area (Å²) in [7, 11) is -3.95. The maximum absolute atomic E-state index is 12.5. The van der Waals surface area contributed by atoms with Gasteiger partial charge in [0.15, 0.2) is 4.90 Å². The summed E-state index contributed by atoms with van der Waals surface area (Å²) in [5, 5.41) is 19.4. The lowest BCUT2D eigenvalue weighted by Crippen LogP contribution is -2.05. The van der Waals surface area contributed by atoms with Crippen LogP contribution in [0.2, 0.25) is 0 Å². The third-order valence-corrected chi connectivity index (χ3v) is 4.85. The predicted molar refractivity (Wildman–Crippen MR) is 71.1 cm³/mol. The molecule has 0 saturated carbocycles. The molecule has 0 aliphatic heterocycles. The van der Waals surface area contributed by atoms with Gasteiger partial charge in [0.1, 0.15) is 11.5 Å². The predicted octanol–water partition coefficient (Wildman–Crippen LogP) is 2.55. The molecule has 4 nitrogen and oxygen atoms in total. The molecule has 2 rings (SSSR count). The number of phenols is 2. The fraction of sp³-hybridized carbons (Fsp3) is 0.143. The number of phenolic OH excluding ortho intramolecular Hbond substituents is 2. The van der Waals surface area contributed by atoms with Crippen LogP contribution in [0.15, 0.2) is 46.2 Å². The molecule has 5 heteroatoms. The van der Waals surface area contributed by atoms with E-state index in [4.69, 9.17) is 0 Å². The van der Waals surface area contributed by atoms with E-state index < -0.39 is 26.2 Å². The van der Waals surface area contributed by atoms with E-state index in [-0.39, 0.29) is 4.90 Å². The Morgan fingerprint density at radius 3 is 2.11 bits per heavy atom. The van der Waals surface area contributed by atoms with Crippen molar-refractivity contribution in [1.82, 2.24) is 0 Å². The van der Waals surface area contributed by atoms with Crippen molar-refractivity contribution < 1.29 is 18.6 Å². The van der Waals surface area contributed by atoms with Crippen molar-refractivity contribution >= 4 is 9.84 Å². The molecule has 0 spiro atoms. The summed E-state index contributed by atoms with van der Waals surface area (Å²) in [5.74, 6) is -0.915. The smallest absolute Gasteiger partial charge is 0.214 e. The van der Waals surface area contributed by atoms with Crippen molar-refractivity contribution in [2.45, 2.75) is 23.6 Å². The molecule has 2 N–H and O–H groups in total. The van der Waals surface area contributed by atoms with Gasteiger partial charge < -0.3 is 10.2 Å². The van der Waals surface area contributed by atoms with Gasteiger partial charge in [-0.1, -0.05) is 18.2 Å². The third-order valence-electron chi connectivity index (χ3n) is 2.88. The first-order chi connectivity index (χ1) is 8.84. The van der Waals surface area contributed by atoms with Crippen LogP contribution in [0.1, 0.15) is 11.1 Å². The Labute approximate surface area is 111 Å². The van der Waals surface area contributed by atoms with Crippen molar-refractivity contribution in [3.8, 4) is 11.5 Å². The molecule has 2 aromatic carbocycles. The molecule has 100 valence electrons. The van der Waals surface area contributed by atoms with Crippen molar-refractivity contribution in [2.75, 3.05) is 0 Å². The van der Waals surface area contributed by atoms with Crippen LogP contribution in [0.3, 0.4) is 0 Å². The maximum atomic E-state index is 12.5. The molecule has 0 radical (unpaired) electrons. The van der Waals surface area contributed by atoms with Crippen LogP contribution in [0, 0.1) is 13.8 Å². The molecular formula is C14H14O4S. The quantitative estimate of drug-likeness (QED) is 0.885. The lowest BCUT2D eigenvalue weighted by atomic mass is 10.2. The van der Waals surface area contributed by atoms with Gasteiger partial charge in [0.2, 0.25) is 9.84 Å². The zero-order valence-corrected chi connectivity index (χ0v) is 11.4. The van der Waals surface area contributed by atoms with E-state index in [0.29, 0.717) is 5.56 Å². The molecule has 0 atom stereocenters. The molecule has 19 heavy (non-hydrogen) atoms. The molecule has 0 bridgehead atoms. The summed E-state index contributed by atoms with van der Waals surface area (Å²) >= 11 is 0. The zero-order chi connectivity index (χ0) is 14.2. The highest BCUT2D eigenvalue weighted by atomic mass is 32.2. The molecule has 0 saturated heterocycles. The van der Waals surface area contributed by atoms with Gasteiger partial charge in [-0.25, -0.2) is 8.42 Å². The van der Waals surface area contributed by atoms with Crippen LogP contribution in [0.25, 0.3) is 0 Å². The van der Waals surface area contributed by atoms with Crippen LogP contribution < -0.4 is 0 Å². The molecule has 0 aliphatic carbocycles. The summed E-state index contributed by atoms with van der Waals surface area (Å²) < 4.78 is 25.1. The first kappa shape index (κ1) is 13.4. The van der Waals surface area contributed by atoms with E-state index in [9.17, 15) is 18.6 Å². The van der Waals surface area contributed by atoms with Gasteiger partial charge in [-0.3, -0.25) is 0 Å². The van der Waals surface area contributed by atoms with Gasteiger partial charge in [-0.15, -0.1) is 0 Å². The number of sulfone groups is 1. The fourth-order valence-electron chi connectivity index (χ4n) is 1.90. The second-order valence-corrected chi connectivity index (χ2v) is 6.25. The van der Waals surface area contributed by atoms with Crippen molar-refractivity contribution in [1.29, 1.82) is 0 Å². The Balaban J connectivity index is 2.77. The van der Waals surface area contributed by atoms with Crippen LogP contribution in [0.4, 0.5) is 0 Å². The van der Waals surface area contributed by atoms with Crippen molar-refractivity contribution in [3.63, 3.8) is 0 Å². The number of rotatable bonds is 2. The molecule has 0 fully saturated rings. The van der Waals surface area contributed by atoms with Crippen molar-refractivity contribution in [3.05, 3.63) is 47.5 Å². The lowest BCUT2D eigenvalue weighted by Gasteiger charge is -2.11. The van der Waals surface area contributed by atoms with E-state index >= 15 is 0 Å². The van der Waals surface area contributed by atoms with E-state index in [1.807, 2.05) is 0 Å². The number of benzene rings is 2. The Morgan fingerprint density at radius 2 is 1.53 bits per heavy atom. The first-order valence-electron chi connectivity index (χ1n) is 5.67. The first-order valence-corrected chi connectivity index (χ1v) is 7.15. The van der Waals surface area contributed by atoms with Crippen molar-refractivity contribution in [2.24, 2.45) is 0 Å². The minimum atomic E-state index is -3.95.